The number of carbonyl (C=O) groups excluding carboxylic acids is 1. The number of aryl methyl sites for hydroxylation is 2. The monoisotopic (exact) mass is 337 g/mol. The van der Waals surface area contributed by atoms with Gasteiger partial charge in [-0.2, -0.15) is 0 Å². The standard InChI is InChI=1S/C21H23NO3/c1-14-3-4-16(11-15(14)2)20(23)22-13-21(7-8-21)17-5-6-18-19(12-17)25-10-9-24-18/h3-6,11-12H,7-10,13H2,1-2H3,(H,22,23). The van der Waals surface area contributed by atoms with Gasteiger partial charge in [-0.25, -0.2) is 0 Å². The normalized spacial score (nSPS) is 17.0. The molecule has 1 fully saturated rings. The van der Waals surface area contributed by atoms with Crippen LogP contribution in [0.4, 0.5) is 0 Å². The number of nitrogens with one attached hydrogen (secondary N) is 1. The Morgan fingerprint density at radius 3 is 2.48 bits per heavy atom. The molecule has 0 spiro atoms. The van der Waals surface area contributed by atoms with Crippen molar-refractivity contribution in [3.05, 3.63) is 58.7 Å². The molecule has 1 heterocycles. The number of ether oxygens (including phenoxy) is 2. The molecule has 25 heavy (non-hydrogen) atoms. The van der Waals surface area contributed by atoms with Crippen LogP contribution in [0.2, 0.25) is 0 Å². The minimum absolute atomic E-state index is 0.00748. The van der Waals surface area contributed by atoms with E-state index in [-0.39, 0.29) is 11.3 Å². The molecule has 1 amide bonds. The van der Waals surface area contributed by atoms with E-state index in [1.165, 1.54) is 11.1 Å². The number of rotatable bonds is 4. The van der Waals surface area contributed by atoms with E-state index in [2.05, 4.69) is 24.4 Å². The molecule has 0 radical (unpaired) electrons. The maximum Gasteiger partial charge on any atom is 0.251 e. The van der Waals surface area contributed by atoms with Crippen LogP contribution in [-0.4, -0.2) is 25.7 Å². The fraction of sp³-hybridized carbons (Fsp3) is 0.381. The van der Waals surface area contributed by atoms with Crippen LogP contribution in [-0.2, 0) is 5.41 Å². The number of benzene rings is 2. The van der Waals surface area contributed by atoms with E-state index in [0.29, 0.717) is 19.8 Å². The summed E-state index contributed by atoms with van der Waals surface area (Å²) >= 11 is 0. The van der Waals surface area contributed by atoms with Crippen molar-refractivity contribution in [3.8, 4) is 11.5 Å². The Labute approximate surface area is 148 Å². The highest BCUT2D eigenvalue weighted by atomic mass is 16.6. The molecule has 2 aromatic rings. The number of carbonyl (C=O) groups is 1. The Balaban J connectivity index is 1.47. The molecule has 0 aromatic heterocycles. The van der Waals surface area contributed by atoms with E-state index < -0.39 is 0 Å². The molecule has 1 aliphatic carbocycles. The highest BCUT2D eigenvalue weighted by Gasteiger charge is 2.44. The quantitative estimate of drug-likeness (QED) is 0.928. The predicted molar refractivity (Wildman–Crippen MR) is 96.6 cm³/mol. The van der Waals surface area contributed by atoms with Gasteiger partial charge in [0.25, 0.3) is 5.91 Å². The first-order valence-corrected chi connectivity index (χ1v) is 8.83. The molecule has 4 rings (SSSR count). The lowest BCUT2D eigenvalue weighted by Gasteiger charge is -2.22. The molecule has 0 saturated heterocycles. The van der Waals surface area contributed by atoms with E-state index >= 15 is 0 Å². The molecular formula is C21H23NO3. The molecule has 0 atom stereocenters. The smallest absolute Gasteiger partial charge is 0.251 e. The third-order valence-electron chi connectivity index (χ3n) is 5.36. The van der Waals surface area contributed by atoms with E-state index in [9.17, 15) is 4.79 Å². The van der Waals surface area contributed by atoms with Gasteiger partial charge in [0.1, 0.15) is 13.2 Å². The summed E-state index contributed by atoms with van der Waals surface area (Å²) in [5.74, 6) is 1.62. The molecule has 0 bridgehead atoms. The second-order valence-corrected chi connectivity index (χ2v) is 7.12. The average molecular weight is 337 g/mol. The Kier molecular flexibility index (Phi) is 3.91. The van der Waals surface area contributed by atoms with Crippen molar-refractivity contribution in [1.29, 1.82) is 0 Å². The Hall–Kier alpha value is -2.49. The van der Waals surface area contributed by atoms with Crippen LogP contribution in [0.15, 0.2) is 36.4 Å². The summed E-state index contributed by atoms with van der Waals surface area (Å²) in [5.41, 5.74) is 4.32. The van der Waals surface area contributed by atoms with E-state index in [0.717, 1.165) is 35.5 Å². The van der Waals surface area contributed by atoms with Gasteiger partial charge in [-0.05, 0) is 67.6 Å². The first kappa shape index (κ1) is 16.0. The molecule has 130 valence electrons. The lowest BCUT2D eigenvalue weighted by molar-refractivity contribution is 0.0949. The first-order chi connectivity index (χ1) is 12.1. The van der Waals surface area contributed by atoms with E-state index in [1.807, 2.05) is 31.2 Å². The SMILES string of the molecule is Cc1ccc(C(=O)NCC2(c3ccc4c(c3)OCCO4)CC2)cc1C. The Morgan fingerprint density at radius 2 is 1.76 bits per heavy atom. The van der Waals surface area contributed by atoms with Gasteiger partial charge < -0.3 is 14.8 Å². The van der Waals surface area contributed by atoms with Crippen molar-refractivity contribution < 1.29 is 14.3 Å². The molecule has 1 N–H and O–H groups in total. The summed E-state index contributed by atoms with van der Waals surface area (Å²) in [6.45, 7) is 5.93. The minimum atomic E-state index is -0.00748. The zero-order chi connectivity index (χ0) is 17.4. The minimum Gasteiger partial charge on any atom is -0.486 e. The van der Waals surface area contributed by atoms with Crippen LogP contribution in [0.25, 0.3) is 0 Å². The number of amides is 1. The van der Waals surface area contributed by atoms with E-state index in [4.69, 9.17) is 9.47 Å². The number of hydrogen-bond donors (Lipinski definition) is 1. The van der Waals surface area contributed by atoms with Crippen molar-refractivity contribution in [3.63, 3.8) is 0 Å². The third-order valence-corrected chi connectivity index (χ3v) is 5.36. The summed E-state index contributed by atoms with van der Waals surface area (Å²) in [7, 11) is 0. The number of fused-ring (bicyclic) bond motifs is 1. The van der Waals surface area contributed by atoms with E-state index in [1.54, 1.807) is 0 Å². The van der Waals surface area contributed by atoms with Gasteiger partial charge in [0.05, 0.1) is 0 Å². The van der Waals surface area contributed by atoms with Crippen LogP contribution in [0, 0.1) is 13.8 Å². The first-order valence-electron chi connectivity index (χ1n) is 8.83. The largest absolute Gasteiger partial charge is 0.486 e. The van der Waals surface area contributed by atoms with Gasteiger partial charge in [-0.15, -0.1) is 0 Å². The van der Waals surface area contributed by atoms with Gasteiger partial charge in [0.15, 0.2) is 11.5 Å². The summed E-state index contributed by atoms with van der Waals surface area (Å²) in [6.07, 6.45) is 2.17. The van der Waals surface area contributed by atoms with Crippen molar-refractivity contribution in [2.75, 3.05) is 19.8 Å². The molecular weight excluding hydrogens is 314 g/mol. The number of hydrogen-bond acceptors (Lipinski definition) is 3. The summed E-state index contributed by atoms with van der Waals surface area (Å²) in [6, 6.07) is 12.0. The Morgan fingerprint density at radius 1 is 1.00 bits per heavy atom. The Bertz CT molecular complexity index is 824. The van der Waals surface area contributed by atoms with Gasteiger partial charge in [-0.3, -0.25) is 4.79 Å². The highest BCUT2D eigenvalue weighted by Crippen LogP contribution is 2.49. The topological polar surface area (TPSA) is 47.6 Å². The lowest BCUT2D eigenvalue weighted by Crippen LogP contribution is -2.32. The average Bonchev–Trinajstić information content (AvgIpc) is 3.43. The van der Waals surface area contributed by atoms with Gasteiger partial charge >= 0.3 is 0 Å². The van der Waals surface area contributed by atoms with Crippen molar-refractivity contribution in [2.45, 2.75) is 32.1 Å². The van der Waals surface area contributed by atoms with Crippen LogP contribution in [0.1, 0.15) is 39.9 Å². The van der Waals surface area contributed by atoms with Crippen molar-refractivity contribution in [1.82, 2.24) is 5.32 Å². The molecule has 4 heteroatoms. The second kappa shape index (κ2) is 6.10. The van der Waals surface area contributed by atoms with Gasteiger partial charge in [0, 0.05) is 17.5 Å². The molecule has 2 aromatic carbocycles. The molecule has 2 aliphatic rings. The maximum absolute atomic E-state index is 12.5. The molecule has 0 unspecified atom stereocenters. The maximum atomic E-state index is 12.5. The van der Waals surface area contributed by atoms with Gasteiger partial charge in [-0.1, -0.05) is 12.1 Å². The summed E-state index contributed by atoms with van der Waals surface area (Å²) in [4.78, 5) is 12.5. The third kappa shape index (κ3) is 3.09. The predicted octanol–water partition coefficient (Wildman–Crippen LogP) is 3.54. The van der Waals surface area contributed by atoms with Crippen LogP contribution >= 0.6 is 0 Å². The van der Waals surface area contributed by atoms with Gasteiger partial charge in [0.2, 0.25) is 0 Å². The fourth-order valence-corrected chi connectivity index (χ4v) is 3.33. The molecule has 1 saturated carbocycles. The lowest BCUT2D eigenvalue weighted by atomic mass is 9.95. The molecule has 4 nitrogen and oxygen atoms in total. The highest BCUT2D eigenvalue weighted by molar-refractivity contribution is 5.94. The summed E-state index contributed by atoms with van der Waals surface area (Å²) in [5, 5.41) is 3.12. The zero-order valence-corrected chi connectivity index (χ0v) is 14.7. The zero-order valence-electron chi connectivity index (χ0n) is 14.7. The van der Waals surface area contributed by atoms with Crippen molar-refractivity contribution in [2.24, 2.45) is 0 Å². The second-order valence-electron chi connectivity index (χ2n) is 7.12. The fourth-order valence-electron chi connectivity index (χ4n) is 3.33. The summed E-state index contributed by atoms with van der Waals surface area (Å²) < 4.78 is 11.3. The molecule has 1 aliphatic heterocycles. The van der Waals surface area contributed by atoms with Crippen molar-refractivity contribution >= 4 is 5.91 Å². The van der Waals surface area contributed by atoms with Crippen LogP contribution in [0.3, 0.4) is 0 Å². The van der Waals surface area contributed by atoms with Crippen LogP contribution < -0.4 is 14.8 Å². The van der Waals surface area contributed by atoms with Crippen LogP contribution in [0.5, 0.6) is 11.5 Å².